The molecule has 0 heterocycles. The zero-order chi connectivity index (χ0) is 14.4. The normalized spacial score (nSPS) is 23.9. The minimum absolute atomic E-state index is 0.226. The van der Waals surface area contributed by atoms with E-state index in [4.69, 9.17) is 11.6 Å². The first kappa shape index (κ1) is 15.9. The molecule has 20 heavy (non-hydrogen) atoms. The Hall–Kier alpha value is -0.490. The number of fused-ring (bicyclic) bond motifs is 1. The van der Waals surface area contributed by atoms with Gasteiger partial charge in [0.2, 0.25) is 0 Å². The highest BCUT2D eigenvalue weighted by Gasteiger charge is 2.27. The summed E-state index contributed by atoms with van der Waals surface area (Å²) in [6.07, 6.45) is 10.5. The van der Waals surface area contributed by atoms with E-state index in [1.165, 1.54) is 62.5 Å². The Morgan fingerprint density at radius 1 is 1.25 bits per heavy atom. The van der Waals surface area contributed by atoms with Crippen molar-refractivity contribution in [2.24, 2.45) is 11.8 Å². The van der Waals surface area contributed by atoms with Gasteiger partial charge in [-0.25, -0.2) is 0 Å². The van der Waals surface area contributed by atoms with Crippen LogP contribution in [0.2, 0.25) is 0 Å². The van der Waals surface area contributed by atoms with Crippen molar-refractivity contribution >= 4 is 11.6 Å². The molecule has 0 radical (unpaired) electrons. The molecule has 0 saturated heterocycles. The molecule has 112 valence electrons. The Morgan fingerprint density at radius 2 is 2.05 bits per heavy atom. The molecule has 3 atom stereocenters. The Kier molecular flexibility index (Phi) is 6.42. The van der Waals surface area contributed by atoms with Crippen LogP contribution < -0.4 is 0 Å². The first-order valence-corrected chi connectivity index (χ1v) is 8.91. The van der Waals surface area contributed by atoms with Crippen molar-refractivity contribution in [2.75, 3.05) is 0 Å². The highest BCUT2D eigenvalue weighted by molar-refractivity contribution is 6.21. The molecular weight excluding hydrogens is 264 g/mol. The maximum atomic E-state index is 6.85. The molecule has 1 aromatic carbocycles. The molecule has 1 aliphatic carbocycles. The van der Waals surface area contributed by atoms with Gasteiger partial charge in [-0.3, -0.25) is 0 Å². The van der Waals surface area contributed by atoms with Crippen LogP contribution in [0.15, 0.2) is 24.3 Å². The van der Waals surface area contributed by atoms with Crippen LogP contribution in [0, 0.1) is 11.8 Å². The van der Waals surface area contributed by atoms with Gasteiger partial charge in [-0.1, -0.05) is 63.8 Å². The molecule has 0 saturated carbocycles. The first-order valence-electron chi connectivity index (χ1n) is 8.48. The van der Waals surface area contributed by atoms with Gasteiger partial charge in [-0.15, -0.1) is 11.6 Å². The monoisotopic (exact) mass is 292 g/mol. The summed E-state index contributed by atoms with van der Waals surface area (Å²) in [5.41, 5.74) is 2.89. The molecule has 1 aliphatic rings. The van der Waals surface area contributed by atoms with Crippen LogP contribution in [0.4, 0.5) is 0 Å². The lowest BCUT2D eigenvalue weighted by atomic mass is 9.84. The van der Waals surface area contributed by atoms with E-state index in [9.17, 15) is 0 Å². The summed E-state index contributed by atoms with van der Waals surface area (Å²) in [6.45, 7) is 4.63. The van der Waals surface area contributed by atoms with Crippen LogP contribution >= 0.6 is 11.6 Å². The van der Waals surface area contributed by atoms with Gasteiger partial charge >= 0.3 is 0 Å². The molecule has 0 spiro atoms. The highest BCUT2D eigenvalue weighted by atomic mass is 35.5. The zero-order valence-electron chi connectivity index (χ0n) is 13.1. The summed E-state index contributed by atoms with van der Waals surface area (Å²) in [6, 6.07) is 8.81. The third-order valence-corrected chi connectivity index (χ3v) is 5.56. The predicted molar refractivity (Wildman–Crippen MR) is 89.4 cm³/mol. The van der Waals surface area contributed by atoms with E-state index in [1.54, 1.807) is 0 Å². The standard InChI is InChI=1S/C19H29Cl/c1-3-5-9-15(4-2)14-17-12-8-11-16-10-6-7-13-18(16)19(17)20/h6-7,10,13,15,17,19H,3-5,8-9,11-12,14H2,1-2H3. The van der Waals surface area contributed by atoms with Crippen molar-refractivity contribution in [2.45, 2.75) is 70.6 Å². The van der Waals surface area contributed by atoms with Crippen molar-refractivity contribution in [3.8, 4) is 0 Å². The Balaban J connectivity index is 2.05. The van der Waals surface area contributed by atoms with Gasteiger partial charge in [0.15, 0.2) is 0 Å². The summed E-state index contributed by atoms with van der Waals surface area (Å²) < 4.78 is 0. The maximum absolute atomic E-state index is 6.85. The van der Waals surface area contributed by atoms with E-state index in [0.29, 0.717) is 5.92 Å². The van der Waals surface area contributed by atoms with E-state index >= 15 is 0 Å². The maximum Gasteiger partial charge on any atom is 0.0616 e. The Bertz CT molecular complexity index is 399. The smallest absolute Gasteiger partial charge is 0.0616 e. The third-order valence-electron chi connectivity index (χ3n) is 4.97. The average Bonchev–Trinajstić information content (AvgIpc) is 2.64. The summed E-state index contributed by atoms with van der Waals surface area (Å²) in [4.78, 5) is 0. The lowest BCUT2D eigenvalue weighted by molar-refractivity contribution is 0.316. The molecule has 1 aromatic rings. The second-order valence-electron chi connectivity index (χ2n) is 6.41. The number of rotatable bonds is 6. The van der Waals surface area contributed by atoms with Crippen LogP contribution in [0.5, 0.6) is 0 Å². The molecule has 0 nitrogen and oxygen atoms in total. The number of hydrogen-bond donors (Lipinski definition) is 0. The van der Waals surface area contributed by atoms with E-state index in [2.05, 4.69) is 38.1 Å². The summed E-state index contributed by atoms with van der Waals surface area (Å²) in [5, 5.41) is 0.226. The third kappa shape index (κ3) is 4.01. The summed E-state index contributed by atoms with van der Waals surface area (Å²) >= 11 is 6.85. The molecule has 2 rings (SSSR count). The molecule has 3 unspecified atom stereocenters. The van der Waals surface area contributed by atoms with Crippen molar-refractivity contribution in [1.82, 2.24) is 0 Å². The lowest BCUT2D eigenvalue weighted by Crippen LogP contribution is -2.13. The SMILES string of the molecule is CCCCC(CC)CC1CCCc2ccccc2C1Cl. The van der Waals surface area contributed by atoms with Gasteiger partial charge in [0, 0.05) is 0 Å². The van der Waals surface area contributed by atoms with Crippen LogP contribution in [0.1, 0.15) is 75.3 Å². The van der Waals surface area contributed by atoms with Gasteiger partial charge in [0.1, 0.15) is 0 Å². The minimum Gasteiger partial charge on any atom is -0.118 e. The van der Waals surface area contributed by atoms with Gasteiger partial charge in [-0.05, 0) is 48.6 Å². The van der Waals surface area contributed by atoms with Gasteiger partial charge in [0.25, 0.3) is 0 Å². The quantitative estimate of drug-likeness (QED) is 0.413. The molecular formula is C19H29Cl. The topological polar surface area (TPSA) is 0 Å². The van der Waals surface area contributed by atoms with E-state index in [1.807, 2.05) is 0 Å². The molecule has 0 amide bonds. The van der Waals surface area contributed by atoms with Crippen molar-refractivity contribution < 1.29 is 0 Å². The number of halogens is 1. The summed E-state index contributed by atoms with van der Waals surface area (Å²) in [5.74, 6) is 1.54. The van der Waals surface area contributed by atoms with Crippen molar-refractivity contribution in [3.05, 3.63) is 35.4 Å². The fraction of sp³-hybridized carbons (Fsp3) is 0.684. The van der Waals surface area contributed by atoms with E-state index in [0.717, 1.165) is 5.92 Å². The van der Waals surface area contributed by atoms with Crippen LogP contribution in [0.25, 0.3) is 0 Å². The Labute approximate surface area is 129 Å². The first-order chi connectivity index (χ1) is 9.76. The van der Waals surface area contributed by atoms with Gasteiger partial charge in [-0.2, -0.15) is 0 Å². The van der Waals surface area contributed by atoms with Crippen molar-refractivity contribution in [3.63, 3.8) is 0 Å². The van der Waals surface area contributed by atoms with Crippen molar-refractivity contribution in [1.29, 1.82) is 0 Å². The Morgan fingerprint density at radius 3 is 2.80 bits per heavy atom. The number of unbranched alkanes of at least 4 members (excludes halogenated alkanes) is 1. The summed E-state index contributed by atoms with van der Waals surface area (Å²) in [7, 11) is 0. The van der Waals surface area contributed by atoms with Gasteiger partial charge < -0.3 is 0 Å². The lowest BCUT2D eigenvalue weighted by Gasteiger charge is -2.26. The van der Waals surface area contributed by atoms with Gasteiger partial charge in [0.05, 0.1) is 5.38 Å². The molecule has 0 N–H and O–H groups in total. The second kappa shape index (κ2) is 8.08. The molecule has 0 fully saturated rings. The fourth-order valence-corrected chi connectivity index (χ4v) is 4.07. The number of benzene rings is 1. The largest absolute Gasteiger partial charge is 0.118 e. The molecule has 1 heteroatoms. The zero-order valence-corrected chi connectivity index (χ0v) is 13.8. The van der Waals surface area contributed by atoms with E-state index < -0.39 is 0 Å². The van der Waals surface area contributed by atoms with Crippen LogP contribution in [0.3, 0.4) is 0 Å². The molecule has 0 aromatic heterocycles. The molecule has 0 bridgehead atoms. The highest BCUT2D eigenvalue weighted by Crippen LogP contribution is 2.41. The van der Waals surface area contributed by atoms with Crippen LogP contribution in [-0.4, -0.2) is 0 Å². The minimum atomic E-state index is 0.226. The molecule has 0 aliphatic heterocycles. The van der Waals surface area contributed by atoms with Crippen LogP contribution in [-0.2, 0) is 6.42 Å². The van der Waals surface area contributed by atoms with E-state index in [-0.39, 0.29) is 5.38 Å². The number of alkyl halides is 1. The predicted octanol–water partition coefficient (Wildman–Crippen LogP) is 6.53. The number of aryl methyl sites for hydroxylation is 1. The second-order valence-corrected chi connectivity index (χ2v) is 6.88. The average molecular weight is 293 g/mol. The number of hydrogen-bond acceptors (Lipinski definition) is 0. The fourth-order valence-electron chi connectivity index (χ4n) is 3.63.